The summed E-state index contributed by atoms with van der Waals surface area (Å²) in [7, 11) is 1.83. The van der Waals surface area contributed by atoms with E-state index in [1.54, 1.807) is 0 Å². The van der Waals surface area contributed by atoms with Gasteiger partial charge in [0, 0.05) is 38.6 Å². The third kappa shape index (κ3) is 6.61. The van der Waals surface area contributed by atoms with E-state index < -0.39 is 12.1 Å². The molecule has 1 aromatic heterocycles. The number of hydrogen-bond acceptors (Lipinski definition) is 4. The van der Waals surface area contributed by atoms with Gasteiger partial charge in [-0.15, -0.1) is 0 Å². The van der Waals surface area contributed by atoms with Crippen LogP contribution < -0.4 is 0 Å². The highest BCUT2D eigenvalue weighted by molar-refractivity contribution is 5.73. The molecule has 28 heavy (non-hydrogen) atoms. The van der Waals surface area contributed by atoms with E-state index in [-0.39, 0.29) is 0 Å². The molecule has 1 aliphatic rings. The maximum absolute atomic E-state index is 10.6. The second-order valence-electron chi connectivity index (χ2n) is 6.45. The number of nitrogens with zero attached hydrogens (tertiary/aromatic N) is 2. The maximum Gasteiger partial charge on any atom is 0.490 e. The van der Waals surface area contributed by atoms with Crippen molar-refractivity contribution in [3.63, 3.8) is 0 Å². The molecular formula is C20H23F3N2O3. The summed E-state index contributed by atoms with van der Waals surface area (Å²) >= 11 is 0. The number of methoxy groups -OCH3 is 1. The van der Waals surface area contributed by atoms with Crippen molar-refractivity contribution in [1.29, 1.82) is 0 Å². The van der Waals surface area contributed by atoms with Crippen molar-refractivity contribution in [1.82, 2.24) is 9.88 Å². The first-order chi connectivity index (χ1) is 13.3. The fraction of sp³-hybridized carbons (Fsp3) is 0.400. The third-order valence-corrected chi connectivity index (χ3v) is 4.54. The van der Waals surface area contributed by atoms with E-state index in [4.69, 9.17) is 14.6 Å². The predicted molar refractivity (Wildman–Crippen MR) is 97.7 cm³/mol. The third-order valence-electron chi connectivity index (χ3n) is 4.54. The van der Waals surface area contributed by atoms with E-state index in [0.29, 0.717) is 12.1 Å². The number of benzene rings is 1. The van der Waals surface area contributed by atoms with E-state index in [2.05, 4.69) is 46.3 Å². The van der Waals surface area contributed by atoms with Crippen LogP contribution in [0.15, 0.2) is 54.9 Å². The van der Waals surface area contributed by atoms with Crippen molar-refractivity contribution in [3.05, 3.63) is 66.0 Å². The number of alkyl halides is 3. The molecule has 3 rings (SSSR count). The van der Waals surface area contributed by atoms with Crippen molar-refractivity contribution in [3.8, 4) is 0 Å². The summed E-state index contributed by atoms with van der Waals surface area (Å²) in [6.45, 7) is 2.04. The lowest BCUT2D eigenvalue weighted by Crippen LogP contribution is -2.37. The Balaban J connectivity index is 0.000000345. The first-order valence-electron chi connectivity index (χ1n) is 8.81. The second kappa shape index (κ2) is 10.2. The largest absolute Gasteiger partial charge is 0.490 e. The van der Waals surface area contributed by atoms with Crippen molar-refractivity contribution in [2.24, 2.45) is 0 Å². The standard InChI is InChI=1S/C18H22N2O.C2HF3O2/c1-21-18-9-11-20(14-16-8-5-10-19-13-16)17(18)12-15-6-3-2-4-7-15;3-2(4,5)1(6)7/h2-8,10,13,17-18H,9,11-12,14H2,1H3;(H,6,7)/t17-,18+;/m0./s1. The Morgan fingerprint density at radius 2 is 1.86 bits per heavy atom. The van der Waals surface area contributed by atoms with Gasteiger partial charge >= 0.3 is 12.1 Å². The predicted octanol–water partition coefficient (Wildman–Crippen LogP) is 3.55. The number of aromatic nitrogens is 1. The Morgan fingerprint density at radius 1 is 1.21 bits per heavy atom. The van der Waals surface area contributed by atoms with Crippen LogP contribution in [0.4, 0.5) is 13.2 Å². The Bertz CT molecular complexity index is 726. The van der Waals surface area contributed by atoms with Crippen LogP contribution in [-0.4, -0.2) is 52.9 Å². The van der Waals surface area contributed by atoms with Crippen LogP contribution in [-0.2, 0) is 22.5 Å². The molecule has 152 valence electrons. The fourth-order valence-corrected chi connectivity index (χ4v) is 3.20. The lowest BCUT2D eigenvalue weighted by Gasteiger charge is -2.27. The van der Waals surface area contributed by atoms with Gasteiger partial charge in [-0.05, 0) is 30.0 Å². The van der Waals surface area contributed by atoms with Gasteiger partial charge in [0.1, 0.15) is 0 Å². The number of halogens is 3. The second-order valence-corrected chi connectivity index (χ2v) is 6.45. The summed E-state index contributed by atoms with van der Waals surface area (Å²) in [6.07, 6.45) is 1.17. The highest BCUT2D eigenvalue weighted by Crippen LogP contribution is 2.25. The minimum atomic E-state index is -5.08. The summed E-state index contributed by atoms with van der Waals surface area (Å²) in [6, 6.07) is 15.3. The maximum atomic E-state index is 10.6. The average Bonchev–Trinajstić information content (AvgIpc) is 3.04. The minimum absolute atomic E-state index is 0.321. The molecule has 2 atom stereocenters. The molecule has 2 aromatic rings. The molecule has 1 aliphatic heterocycles. The van der Waals surface area contributed by atoms with E-state index in [0.717, 1.165) is 25.9 Å². The first-order valence-corrected chi connectivity index (χ1v) is 8.81. The number of carboxylic acid groups (broad SMARTS) is 1. The Hall–Kier alpha value is -2.45. The van der Waals surface area contributed by atoms with Crippen LogP contribution in [0.3, 0.4) is 0 Å². The van der Waals surface area contributed by atoms with Gasteiger partial charge < -0.3 is 9.84 Å². The van der Waals surface area contributed by atoms with Gasteiger partial charge in [-0.25, -0.2) is 4.79 Å². The molecule has 0 unspecified atom stereocenters. The quantitative estimate of drug-likeness (QED) is 0.838. The lowest BCUT2D eigenvalue weighted by atomic mass is 10.0. The van der Waals surface area contributed by atoms with Crippen LogP contribution in [0.1, 0.15) is 17.5 Å². The number of aliphatic carboxylic acids is 1. The number of carbonyl (C=O) groups is 1. The molecule has 2 heterocycles. The van der Waals surface area contributed by atoms with Crippen LogP contribution in [0.2, 0.25) is 0 Å². The molecule has 0 aliphatic carbocycles. The smallest absolute Gasteiger partial charge is 0.475 e. The van der Waals surface area contributed by atoms with Crippen molar-refractivity contribution in [2.75, 3.05) is 13.7 Å². The van der Waals surface area contributed by atoms with Gasteiger partial charge in [-0.2, -0.15) is 13.2 Å². The minimum Gasteiger partial charge on any atom is -0.475 e. The summed E-state index contributed by atoms with van der Waals surface area (Å²) in [5.74, 6) is -2.76. The zero-order valence-electron chi connectivity index (χ0n) is 15.5. The molecule has 0 spiro atoms. The van der Waals surface area contributed by atoms with Gasteiger partial charge in [0.25, 0.3) is 0 Å². The van der Waals surface area contributed by atoms with Gasteiger partial charge in [0.2, 0.25) is 0 Å². The number of carboxylic acids is 1. The van der Waals surface area contributed by atoms with Crippen molar-refractivity contribution < 1.29 is 27.8 Å². The Labute approximate surface area is 161 Å². The van der Waals surface area contributed by atoms with Gasteiger partial charge in [-0.1, -0.05) is 36.4 Å². The average molecular weight is 396 g/mol. The molecule has 1 fully saturated rings. The zero-order valence-corrected chi connectivity index (χ0v) is 15.5. The number of pyridine rings is 1. The number of hydrogen-bond donors (Lipinski definition) is 1. The van der Waals surface area contributed by atoms with Crippen LogP contribution in [0.25, 0.3) is 0 Å². The number of rotatable bonds is 5. The SMILES string of the molecule is CO[C@@H]1CCN(Cc2cccnc2)[C@H]1Cc1ccccc1.O=C(O)C(F)(F)F. The van der Waals surface area contributed by atoms with E-state index in [1.807, 2.05) is 25.6 Å². The highest BCUT2D eigenvalue weighted by Gasteiger charge is 2.38. The summed E-state index contributed by atoms with van der Waals surface area (Å²) in [4.78, 5) is 15.6. The van der Waals surface area contributed by atoms with Crippen molar-refractivity contribution >= 4 is 5.97 Å². The van der Waals surface area contributed by atoms with Crippen molar-refractivity contribution in [2.45, 2.75) is 37.7 Å². The molecular weight excluding hydrogens is 373 g/mol. The van der Waals surface area contributed by atoms with E-state index >= 15 is 0 Å². The van der Waals surface area contributed by atoms with Gasteiger partial charge in [-0.3, -0.25) is 9.88 Å². The first kappa shape index (κ1) is 21.8. The molecule has 0 radical (unpaired) electrons. The van der Waals surface area contributed by atoms with Gasteiger partial charge in [0.05, 0.1) is 6.10 Å². The summed E-state index contributed by atoms with van der Waals surface area (Å²) in [5, 5.41) is 7.12. The van der Waals surface area contributed by atoms with Crippen LogP contribution in [0, 0.1) is 0 Å². The molecule has 5 nitrogen and oxygen atoms in total. The number of likely N-dealkylation sites (tertiary alicyclic amines) is 1. The van der Waals surface area contributed by atoms with Crippen LogP contribution >= 0.6 is 0 Å². The Morgan fingerprint density at radius 3 is 2.39 bits per heavy atom. The molecule has 0 saturated carbocycles. The molecule has 0 amide bonds. The molecule has 1 aromatic carbocycles. The Kier molecular flexibility index (Phi) is 7.95. The van der Waals surface area contributed by atoms with Crippen LogP contribution in [0.5, 0.6) is 0 Å². The molecule has 0 bridgehead atoms. The fourth-order valence-electron chi connectivity index (χ4n) is 3.20. The zero-order chi connectivity index (χ0) is 20.6. The van der Waals surface area contributed by atoms with E-state index in [9.17, 15) is 13.2 Å². The molecule has 8 heteroatoms. The summed E-state index contributed by atoms with van der Waals surface area (Å²) in [5.41, 5.74) is 2.65. The van der Waals surface area contributed by atoms with E-state index in [1.165, 1.54) is 11.1 Å². The topological polar surface area (TPSA) is 62.7 Å². The normalized spacial score (nSPS) is 19.7. The van der Waals surface area contributed by atoms with Gasteiger partial charge in [0.15, 0.2) is 0 Å². The molecule has 1 N–H and O–H groups in total. The highest BCUT2D eigenvalue weighted by atomic mass is 19.4. The summed E-state index contributed by atoms with van der Waals surface area (Å²) < 4.78 is 37.4. The number of ether oxygens (including phenoxy) is 1. The lowest BCUT2D eigenvalue weighted by molar-refractivity contribution is -0.192. The molecule has 1 saturated heterocycles. The monoisotopic (exact) mass is 396 g/mol.